The van der Waals surface area contributed by atoms with Crippen molar-refractivity contribution < 1.29 is 22.4 Å². The van der Waals surface area contributed by atoms with Crippen LogP contribution in [0.1, 0.15) is 41.5 Å². The summed E-state index contributed by atoms with van der Waals surface area (Å²) in [6.45, 7) is 3.44. The number of halogens is 4. The lowest BCUT2D eigenvalue weighted by atomic mass is 9.94. The first-order valence-electron chi connectivity index (χ1n) is 8.36. The number of aromatic amines is 1. The van der Waals surface area contributed by atoms with Crippen molar-refractivity contribution in [3.8, 4) is 0 Å². The van der Waals surface area contributed by atoms with Crippen LogP contribution in [-0.4, -0.2) is 30.0 Å². The van der Waals surface area contributed by atoms with Gasteiger partial charge in [0.2, 0.25) is 5.95 Å². The summed E-state index contributed by atoms with van der Waals surface area (Å²) in [6, 6.07) is 2.74. The number of nitrogens with zero attached hydrogens (tertiary/aromatic N) is 2. The van der Waals surface area contributed by atoms with E-state index < -0.39 is 35.1 Å². The number of alkyl halides is 3. The molecule has 0 aliphatic heterocycles. The number of H-pyrrole nitrogens is 1. The minimum absolute atomic E-state index is 0.162. The van der Waals surface area contributed by atoms with Gasteiger partial charge in [-0.2, -0.15) is 13.2 Å². The highest BCUT2D eigenvalue weighted by Crippen LogP contribution is 2.33. The quantitative estimate of drug-likeness (QED) is 0.756. The fourth-order valence-corrected chi connectivity index (χ4v) is 2.58. The van der Waals surface area contributed by atoms with Gasteiger partial charge in [-0.15, -0.1) is 0 Å². The zero-order valence-electron chi connectivity index (χ0n) is 15.7. The zero-order chi connectivity index (χ0) is 21.2. The van der Waals surface area contributed by atoms with Crippen molar-refractivity contribution in [1.29, 1.82) is 0 Å². The van der Waals surface area contributed by atoms with E-state index in [1.54, 1.807) is 27.9 Å². The van der Waals surface area contributed by atoms with Crippen molar-refractivity contribution >= 4 is 11.9 Å². The highest BCUT2D eigenvalue weighted by molar-refractivity contribution is 5.92. The average Bonchev–Trinajstić information content (AvgIpc) is 2.57. The van der Waals surface area contributed by atoms with Gasteiger partial charge in [0.1, 0.15) is 11.5 Å². The molecule has 0 bridgehead atoms. The summed E-state index contributed by atoms with van der Waals surface area (Å²) in [6.07, 6.45) is -4.81. The fraction of sp³-hybridized carbons (Fsp3) is 0.389. The molecule has 10 heteroatoms. The van der Waals surface area contributed by atoms with Crippen molar-refractivity contribution in [1.82, 2.24) is 15.3 Å². The first kappa shape index (κ1) is 21.4. The van der Waals surface area contributed by atoms with E-state index in [0.717, 1.165) is 18.2 Å². The van der Waals surface area contributed by atoms with E-state index in [2.05, 4.69) is 15.3 Å². The first-order chi connectivity index (χ1) is 12.9. The molecule has 0 aliphatic rings. The highest BCUT2D eigenvalue weighted by Gasteiger charge is 2.34. The SMILES string of the molecule is CC(C)C(NC(=O)c1cc(=O)[nH]c(N(C)C)n1)c1ccc(C(F)(F)F)c(F)c1. The van der Waals surface area contributed by atoms with Crippen LogP contribution in [0.5, 0.6) is 0 Å². The van der Waals surface area contributed by atoms with Crippen LogP contribution in [0.15, 0.2) is 29.1 Å². The van der Waals surface area contributed by atoms with E-state index in [1.807, 2.05) is 0 Å². The number of carbonyl (C=O) groups excluding carboxylic acids is 1. The predicted octanol–water partition coefficient (Wildman–Crippen LogP) is 3.12. The van der Waals surface area contributed by atoms with Crippen molar-refractivity contribution in [2.75, 3.05) is 19.0 Å². The molecule has 0 aliphatic carbocycles. The number of nitrogens with one attached hydrogen (secondary N) is 2. The molecule has 1 heterocycles. The molecule has 28 heavy (non-hydrogen) atoms. The molecule has 0 radical (unpaired) electrons. The number of amides is 1. The summed E-state index contributed by atoms with van der Waals surface area (Å²) >= 11 is 0. The molecule has 2 aromatic rings. The smallest absolute Gasteiger partial charge is 0.348 e. The third kappa shape index (κ3) is 4.87. The lowest BCUT2D eigenvalue weighted by Gasteiger charge is -2.23. The molecule has 0 saturated heterocycles. The maximum atomic E-state index is 13.9. The van der Waals surface area contributed by atoms with Gasteiger partial charge in [-0.3, -0.25) is 14.6 Å². The van der Waals surface area contributed by atoms with Crippen LogP contribution in [0.4, 0.5) is 23.5 Å². The van der Waals surface area contributed by atoms with E-state index in [1.165, 1.54) is 4.90 Å². The van der Waals surface area contributed by atoms with Crippen LogP contribution in [0, 0.1) is 11.7 Å². The number of hydrogen-bond acceptors (Lipinski definition) is 4. The van der Waals surface area contributed by atoms with Crippen molar-refractivity contribution in [2.45, 2.75) is 26.1 Å². The Labute approximate surface area is 158 Å². The molecule has 152 valence electrons. The Hall–Kier alpha value is -2.91. The standard InChI is InChI=1S/C18H20F4N4O2/c1-9(2)15(10-5-6-11(12(19)7-10)18(20,21)22)25-16(28)13-8-14(27)24-17(23-13)26(3)4/h5-9,15H,1-4H3,(H,25,28)(H,23,24,27). The van der Waals surface area contributed by atoms with Gasteiger partial charge in [0.05, 0.1) is 11.6 Å². The Morgan fingerprint density at radius 2 is 1.86 bits per heavy atom. The summed E-state index contributed by atoms with van der Waals surface area (Å²) in [5.74, 6) is -2.22. The Kier molecular flexibility index (Phi) is 6.10. The topological polar surface area (TPSA) is 78.1 Å². The molecule has 1 aromatic carbocycles. The molecule has 0 fully saturated rings. The zero-order valence-corrected chi connectivity index (χ0v) is 15.7. The molecule has 0 saturated carbocycles. The lowest BCUT2D eigenvalue weighted by molar-refractivity contribution is -0.140. The Bertz CT molecular complexity index is 923. The van der Waals surface area contributed by atoms with E-state index in [9.17, 15) is 27.2 Å². The molecule has 1 aromatic heterocycles. The lowest BCUT2D eigenvalue weighted by Crippen LogP contribution is -2.34. The molecular formula is C18H20F4N4O2. The van der Waals surface area contributed by atoms with Gasteiger partial charge < -0.3 is 10.2 Å². The van der Waals surface area contributed by atoms with E-state index in [4.69, 9.17) is 0 Å². The van der Waals surface area contributed by atoms with Gasteiger partial charge >= 0.3 is 6.18 Å². The molecule has 1 atom stereocenters. The molecule has 2 rings (SSSR count). The summed E-state index contributed by atoms with van der Waals surface area (Å²) in [5, 5.41) is 2.61. The van der Waals surface area contributed by atoms with E-state index in [0.29, 0.717) is 6.07 Å². The third-order valence-corrected chi connectivity index (χ3v) is 4.00. The van der Waals surface area contributed by atoms with Gasteiger partial charge in [0, 0.05) is 20.2 Å². The maximum Gasteiger partial charge on any atom is 0.419 e. The van der Waals surface area contributed by atoms with Crippen LogP contribution in [-0.2, 0) is 6.18 Å². The minimum Gasteiger partial charge on any atom is -0.348 e. The van der Waals surface area contributed by atoms with Crippen molar-refractivity contribution in [2.24, 2.45) is 5.92 Å². The number of aromatic nitrogens is 2. The largest absolute Gasteiger partial charge is 0.419 e. The second kappa shape index (κ2) is 7.99. The monoisotopic (exact) mass is 400 g/mol. The van der Waals surface area contributed by atoms with Gasteiger partial charge in [0.15, 0.2) is 0 Å². The summed E-state index contributed by atoms with van der Waals surface area (Å²) in [7, 11) is 3.25. The number of benzene rings is 1. The van der Waals surface area contributed by atoms with Crippen molar-refractivity contribution in [3.05, 3.63) is 57.3 Å². The minimum atomic E-state index is -4.81. The number of carbonyl (C=O) groups is 1. The van der Waals surface area contributed by atoms with Gasteiger partial charge in [-0.1, -0.05) is 19.9 Å². The summed E-state index contributed by atoms with van der Waals surface area (Å²) < 4.78 is 52.2. The highest BCUT2D eigenvalue weighted by atomic mass is 19.4. The first-order valence-corrected chi connectivity index (χ1v) is 8.36. The van der Waals surface area contributed by atoms with Gasteiger partial charge in [-0.25, -0.2) is 9.37 Å². The number of rotatable bonds is 5. The summed E-state index contributed by atoms with van der Waals surface area (Å²) in [5.41, 5.74) is -1.90. The molecule has 2 N–H and O–H groups in total. The van der Waals surface area contributed by atoms with E-state index in [-0.39, 0.29) is 23.1 Å². The maximum absolute atomic E-state index is 13.9. The molecular weight excluding hydrogens is 380 g/mol. The predicted molar refractivity (Wildman–Crippen MR) is 95.6 cm³/mol. The van der Waals surface area contributed by atoms with Crippen LogP contribution in [0.25, 0.3) is 0 Å². The van der Waals surface area contributed by atoms with Crippen LogP contribution >= 0.6 is 0 Å². The van der Waals surface area contributed by atoms with Crippen LogP contribution in [0.2, 0.25) is 0 Å². The number of anilines is 1. The third-order valence-electron chi connectivity index (χ3n) is 4.00. The summed E-state index contributed by atoms with van der Waals surface area (Å²) in [4.78, 5) is 32.3. The molecule has 1 unspecified atom stereocenters. The molecule has 6 nitrogen and oxygen atoms in total. The van der Waals surface area contributed by atoms with Crippen molar-refractivity contribution in [3.63, 3.8) is 0 Å². The van der Waals surface area contributed by atoms with Crippen LogP contribution < -0.4 is 15.8 Å². The number of hydrogen-bond donors (Lipinski definition) is 2. The van der Waals surface area contributed by atoms with Crippen LogP contribution in [0.3, 0.4) is 0 Å². The Balaban J connectivity index is 2.35. The second-order valence-electron chi connectivity index (χ2n) is 6.78. The molecule has 1 amide bonds. The normalized spacial score (nSPS) is 12.8. The Morgan fingerprint density at radius 1 is 1.21 bits per heavy atom. The van der Waals surface area contributed by atoms with Gasteiger partial charge in [0.25, 0.3) is 11.5 Å². The average molecular weight is 400 g/mol. The molecule has 0 spiro atoms. The van der Waals surface area contributed by atoms with E-state index >= 15 is 0 Å². The fourth-order valence-electron chi connectivity index (χ4n) is 2.58. The van der Waals surface area contributed by atoms with Gasteiger partial charge in [-0.05, 0) is 23.6 Å². The Morgan fingerprint density at radius 3 is 2.36 bits per heavy atom. The second-order valence-corrected chi connectivity index (χ2v) is 6.78.